The minimum atomic E-state index is -0.269. The summed E-state index contributed by atoms with van der Waals surface area (Å²) in [5, 5.41) is 6.83. The second-order valence-corrected chi connectivity index (χ2v) is 3.85. The fourth-order valence-corrected chi connectivity index (χ4v) is 1.62. The molecule has 0 spiro atoms. The van der Waals surface area contributed by atoms with Gasteiger partial charge in [0.1, 0.15) is 12.0 Å². The molecular weight excluding hydrogens is 232 g/mol. The molecule has 18 heavy (non-hydrogen) atoms. The number of carbonyl (C=O) groups is 1. The lowest BCUT2D eigenvalue weighted by atomic mass is 10.3. The summed E-state index contributed by atoms with van der Waals surface area (Å²) >= 11 is 0. The number of aryl methyl sites for hydroxylation is 2. The van der Waals surface area contributed by atoms with Gasteiger partial charge in [-0.2, -0.15) is 5.10 Å². The van der Waals surface area contributed by atoms with E-state index in [1.165, 1.54) is 11.0 Å². The SMILES string of the molecule is Cc1nn(C)c(C(=O)NCc2ccncn2)c1N. The van der Waals surface area contributed by atoms with Gasteiger partial charge in [-0.15, -0.1) is 0 Å². The number of nitrogens with one attached hydrogen (secondary N) is 1. The number of hydrogen-bond acceptors (Lipinski definition) is 5. The Labute approximate surface area is 104 Å². The Bertz CT molecular complexity index is 562. The van der Waals surface area contributed by atoms with Crippen LogP contribution in [0.2, 0.25) is 0 Å². The maximum absolute atomic E-state index is 12.0. The molecular formula is C11H14N6O. The van der Waals surface area contributed by atoms with Crippen molar-refractivity contribution < 1.29 is 4.79 Å². The van der Waals surface area contributed by atoms with Crippen LogP contribution >= 0.6 is 0 Å². The van der Waals surface area contributed by atoms with Crippen molar-refractivity contribution in [1.29, 1.82) is 0 Å². The lowest BCUT2D eigenvalue weighted by Crippen LogP contribution is -2.26. The highest BCUT2D eigenvalue weighted by Crippen LogP contribution is 2.14. The maximum atomic E-state index is 12.0. The molecule has 0 atom stereocenters. The van der Waals surface area contributed by atoms with Crippen LogP contribution in [0.15, 0.2) is 18.6 Å². The molecule has 3 N–H and O–H groups in total. The van der Waals surface area contributed by atoms with Gasteiger partial charge in [-0.3, -0.25) is 9.48 Å². The Morgan fingerprint density at radius 3 is 2.89 bits per heavy atom. The highest BCUT2D eigenvalue weighted by molar-refractivity contribution is 5.97. The summed E-state index contributed by atoms with van der Waals surface area (Å²) in [5.74, 6) is -0.269. The summed E-state index contributed by atoms with van der Waals surface area (Å²) in [4.78, 5) is 19.8. The molecule has 7 nitrogen and oxygen atoms in total. The Balaban J connectivity index is 2.09. The van der Waals surface area contributed by atoms with Gasteiger partial charge in [0.15, 0.2) is 0 Å². The minimum Gasteiger partial charge on any atom is -0.395 e. The quantitative estimate of drug-likeness (QED) is 0.796. The first-order valence-electron chi connectivity index (χ1n) is 5.41. The van der Waals surface area contributed by atoms with E-state index in [2.05, 4.69) is 20.4 Å². The number of aromatic nitrogens is 4. The Kier molecular flexibility index (Phi) is 3.22. The Morgan fingerprint density at radius 2 is 2.33 bits per heavy atom. The third-order valence-corrected chi connectivity index (χ3v) is 2.56. The maximum Gasteiger partial charge on any atom is 0.272 e. The molecule has 1 amide bonds. The van der Waals surface area contributed by atoms with Crippen molar-refractivity contribution in [2.24, 2.45) is 7.05 Å². The van der Waals surface area contributed by atoms with Crippen molar-refractivity contribution >= 4 is 11.6 Å². The predicted molar refractivity (Wildman–Crippen MR) is 65.6 cm³/mol. The molecule has 0 saturated heterocycles. The molecule has 0 unspecified atom stereocenters. The molecule has 0 aliphatic heterocycles. The number of nitrogens with two attached hydrogens (primary N) is 1. The summed E-state index contributed by atoms with van der Waals surface area (Å²) in [6.07, 6.45) is 3.06. The van der Waals surface area contributed by atoms with Crippen LogP contribution in [0.4, 0.5) is 5.69 Å². The standard InChI is InChI=1S/C11H14N6O/c1-7-9(12)10(17(2)16-7)11(18)14-5-8-3-4-13-6-15-8/h3-4,6H,5,12H2,1-2H3,(H,14,18). The molecule has 0 fully saturated rings. The number of anilines is 1. The zero-order chi connectivity index (χ0) is 13.1. The van der Waals surface area contributed by atoms with Gasteiger partial charge in [0.05, 0.1) is 23.6 Å². The molecule has 7 heteroatoms. The van der Waals surface area contributed by atoms with Gasteiger partial charge in [0.2, 0.25) is 0 Å². The summed E-state index contributed by atoms with van der Waals surface area (Å²) in [5.41, 5.74) is 7.94. The first-order chi connectivity index (χ1) is 8.59. The minimum absolute atomic E-state index is 0.269. The van der Waals surface area contributed by atoms with E-state index in [-0.39, 0.29) is 5.91 Å². The van der Waals surface area contributed by atoms with Crippen molar-refractivity contribution in [2.45, 2.75) is 13.5 Å². The van der Waals surface area contributed by atoms with E-state index in [1.807, 2.05) is 0 Å². The second kappa shape index (κ2) is 4.82. The van der Waals surface area contributed by atoms with Crippen molar-refractivity contribution in [3.63, 3.8) is 0 Å². The Hall–Kier alpha value is -2.44. The summed E-state index contributed by atoms with van der Waals surface area (Å²) in [6.45, 7) is 2.08. The first-order valence-corrected chi connectivity index (χ1v) is 5.41. The molecule has 0 bridgehead atoms. The molecule has 0 aromatic carbocycles. The van der Waals surface area contributed by atoms with Gasteiger partial charge in [-0.05, 0) is 13.0 Å². The zero-order valence-electron chi connectivity index (χ0n) is 10.2. The lowest BCUT2D eigenvalue weighted by molar-refractivity contribution is 0.0942. The molecule has 0 saturated carbocycles. The van der Waals surface area contributed by atoms with Crippen LogP contribution in [0.1, 0.15) is 21.9 Å². The molecule has 2 heterocycles. The number of hydrogen-bond donors (Lipinski definition) is 2. The van der Waals surface area contributed by atoms with Crippen molar-refractivity contribution in [2.75, 3.05) is 5.73 Å². The van der Waals surface area contributed by atoms with Gasteiger partial charge in [0, 0.05) is 13.2 Å². The monoisotopic (exact) mass is 246 g/mol. The highest BCUT2D eigenvalue weighted by Gasteiger charge is 2.17. The highest BCUT2D eigenvalue weighted by atomic mass is 16.2. The molecule has 94 valence electrons. The Morgan fingerprint density at radius 1 is 1.56 bits per heavy atom. The molecule has 0 radical (unpaired) electrons. The number of amides is 1. The largest absolute Gasteiger partial charge is 0.395 e. The van der Waals surface area contributed by atoms with Gasteiger partial charge in [0.25, 0.3) is 5.91 Å². The van der Waals surface area contributed by atoms with Gasteiger partial charge < -0.3 is 11.1 Å². The summed E-state index contributed by atoms with van der Waals surface area (Å²) in [7, 11) is 1.68. The van der Waals surface area contributed by atoms with Gasteiger partial charge >= 0.3 is 0 Å². The summed E-state index contributed by atoms with van der Waals surface area (Å²) < 4.78 is 1.47. The van der Waals surface area contributed by atoms with Crippen LogP contribution in [-0.2, 0) is 13.6 Å². The molecule has 2 aromatic rings. The molecule has 2 rings (SSSR count). The third-order valence-electron chi connectivity index (χ3n) is 2.56. The smallest absolute Gasteiger partial charge is 0.272 e. The van der Waals surface area contributed by atoms with E-state index in [4.69, 9.17) is 5.73 Å². The van der Waals surface area contributed by atoms with E-state index >= 15 is 0 Å². The fraction of sp³-hybridized carbons (Fsp3) is 0.273. The zero-order valence-corrected chi connectivity index (χ0v) is 10.2. The van der Waals surface area contributed by atoms with E-state index in [1.54, 1.807) is 26.2 Å². The molecule has 2 aromatic heterocycles. The number of rotatable bonds is 3. The predicted octanol–water partition coefficient (Wildman–Crippen LogP) is 0.0307. The number of nitrogen functional groups attached to an aromatic ring is 1. The number of carbonyl (C=O) groups excluding carboxylic acids is 1. The van der Waals surface area contributed by atoms with Crippen LogP contribution in [-0.4, -0.2) is 25.7 Å². The van der Waals surface area contributed by atoms with Crippen LogP contribution in [0.5, 0.6) is 0 Å². The van der Waals surface area contributed by atoms with Gasteiger partial charge in [-0.1, -0.05) is 0 Å². The van der Waals surface area contributed by atoms with E-state index in [9.17, 15) is 4.79 Å². The van der Waals surface area contributed by atoms with Gasteiger partial charge in [-0.25, -0.2) is 9.97 Å². The van der Waals surface area contributed by atoms with Crippen LogP contribution in [0.3, 0.4) is 0 Å². The fourth-order valence-electron chi connectivity index (χ4n) is 1.62. The third kappa shape index (κ3) is 2.29. The average Bonchev–Trinajstić information content (AvgIpc) is 2.62. The number of nitrogens with zero attached hydrogens (tertiary/aromatic N) is 4. The van der Waals surface area contributed by atoms with Crippen molar-refractivity contribution in [1.82, 2.24) is 25.1 Å². The van der Waals surface area contributed by atoms with Crippen LogP contribution < -0.4 is 11.1 Å². The molecule has 0 aliphatic rings. The van der Waals surface area contributed by atoms with Crippen LogP contribution in [0.25, 0.3) is 0 Å². The van der Waals surface area contributed by atoms with Crippen molar-refractivity contribution in [3.8, 4) is 0 Å². The van der Waals surface area contributed by atoms with E-state index < -0.39 is 0 Å². The first kappa shape index (κ1) is 12.0. The topological polar surface area (TPSA) is 98.7 Å². The molecule has 0 aliphatic carbocycles. The van der Waals surface area contributed by atoms with E-state index in [0.29, 0.717) is 23.6 Å². The van der Waals surface area contributed by atoms with Crippen LogP contribution in [0, 0.1) is 6.92 Å². The summed E-state index contributed by atoms with van der Waals surface area (Å²) in [6, 6.07) is 1.73. The normalized spacial score (nSPS) is 10.3. The average molecular weight is 246 g/mol. The van der Waals surface area contributed by atoms with Crippen molar-refractivity contribution in [3.05, 3.63) is 35.7 Å². The lowest BCUT2D eigenvalue weighted by Gasteiger charge is -2.05. The van der Waals surface area contributed by atoms with E-state index in [0.717, 1.165) is 5.69 Å². The second-order valence-electron chi connectivity index (χ2n) is 3.85.